The molecule has 0 aliphatic heterocycles. The molecule has 0 amide bonds. The van der Waals surface area contributed by atoms with E-state index in [0.717, 1.165) is 23.9 Å². The third-order valence-corrected chi connectivity index (χ3v) is 3.50. The fourth-order valence-electron chi connectivity index (χ4n) is 2.31. The predicted octanol–water partition coefficient (Wildman–Crippen LogP) is 4.84. The summed E-state index contributed by atoms with van der Waals surface area (Å²) < 4.78 is 5.21. The number of nitrogens with zero attached hydrogens (tertiary/aromatic N) is 1. The Hall–Kier alpha value is -1.52. The van der Waals surface area contributed by atoms with Gasteiger partial charge in [-0.15, -0.1) is 24.8 Å². The number of H-pyrrole nitrogens is 1. The Balaban J connectivity index is 0.000000397. The summed E-state index contributed by atoms with van der Waals surface area (Å²) in [6, 6.07) is 7.94. The van der Waals surface area contributed by atoms with E-state index in [0.29, 0.717) is 5.57 Å². The van der Waals surface area contributed by atoms with Crippen molar-refractivity contribution >= 4 is 41.8 Å². The third kappa shape index (κ3) is 7.06. The molecular formula is C17H24Cl2N2O2. The van der Waals surface area contributed by atoms with Crippen molar-refractivity contribution in [3.05, 3.63) is 42.7 Å². The molecule has 2 aromatic rings. The van der Waals surface area contributed by atoms with Crippen LogP contribution in [0.25, 0.3) is 11.0 Å². The molecule has 1 aliphatic rings. The van der Waals surface area contributed by atoms with Crippen LogP contribution >= 0.6 is 24.8 Å². The van der Waals surface area contributed by atoms with E-state index in [-0.39, 0.29) is 36.9 Å². The van der Waals surface area contributed by atoms with E-state index in [1.54, 1.807) is 13.3 Å². The Labute approximate surface area is 149 Å². The second-order valence-electron chi connectivity index (χ2n) is 5.37. The van der Waals surface area contributed by atoms with Gasteiger partial charge in [0.2, 0.25) is 0 Å². The average molecular weight is 359 g/mol. The molecule has 1 fully saturated rings. The fourth-order valence-corrected chi connectivity index (χ4v) is 2.31. The Kier molecular flexibility index (Phi) is 10.4. The van der Waals surface area contributed by atoms with Crippen molar-refractivity contribution in [1.82, 2.24) is 9.97 Å². The average Bonchev–Trinajstić information content (AvgIpc) is 2.97. The standard InChI is InChI=1S/C10H16O2.C7H6N2.2ClH/c1-8(2)10(11)12-9-6-4-3-5-7-9;1-2-4-7-6(3-1)8-5-9-7;;/h9H,1,3-7H2,2H3;1-5H,(H,8,9);2*1H. The van der Waals surface area contributed by atoms with Gasteiger partial charge in [0.05, 0.1) is 17.4 Å². The number of aromatic amines is 1. The lowest BCUT2D eigenvalue weighted by Crippen LogP contribution is -2.20. The summed E-state index contributed by atoms with van der Waals surface area (Å²) in [6.07, 6.45) is 7.56. The van der Waals surface area contributed by atoms with Crippen molar-refractivity contribution in [1.29, 1.82) is 0 Å². The lowest BCUT2D eigenvalue weighted by Gasteiger charge is -2.21. The monoisotopic (exact) mass is 358 g/mol. The zero-order valence-electron chi connectivity index (χ0n) is 13.3. The van der Waals surface area contributed by atoms with Crippen LogP contribution < -0.4 is 0 Å². The SMILES string of the molecule is C=C(C)C(=O)OC1CCCCC1.Cl.Cl.c1ccc2[nH]cnc2c1. The van der Waals surface area contributed by atoms with Gasteiger partial charge in [0.15, 0.2) is 0 Å². The van der Waals surface area contributed by atoms with E-state index in [1.165, 1.54) is 19.3 Å². The lowest BCUT2D eigenvalue weighted by atomic mass is 9.98. The zero-order valence-corrected chi connectivity index (χ0v) is 14.9. The van der Waals surface area contributed by atoms with Gasteiger partial charge in [0.25, 0.3) is 0 Å². The number of halogens is 2. The number of hydrogen-bond donors (Lipinski definition) is 1. The number of rotatable bonds is 2. The second kappa shape index (κ2) is 11.1. The molecule has 6 heteroatoms. The molecule has 1 aromatic heterocycles. The van der Waals surface area contributed by atoms with E-state index in [4.69, 9.17) is 4.74 Å². The van der Waals surface area contributed by atoms with Crippen molar-refractivity contribution in [2.45, 2.75) is 45.1 Å². The number of aromatic nitrogens is 2. The van der Waals surface area contributed by atoms with Crippen molar-refractivity contribution in [2.75, 3.05) is 0 Å². The lowest BCUT2D eigenvalue weighted by molar-refractivity contribution is -0.145. The molecule has 0 atom stereocenters. The van der Waals surface area contributed by atoms with E-state index in [1.807, 2.05) is 24.3 Å². The molecule has 4 nitrogen and oxygen atoms in total. The number of esters is 1. The van der Waals surface area contributed by atoms with Crippen molar-refractivity contribution < 1.29 is 9.53 Å². The first-order valence-corrected chi connectivity index (χ1v) is 7.41. The van der Waals surface area contributed by atoms with E-state index in [2.05, 4.69) is 16.5 Å². The largest absolute Gasteiger partial charge is 0.459 e. The number of nitrogens with one attached hydrogen (secondary N) is 1. The molecule has 0 bridgehead atoms. The summed E-state index contributed by atoms with van der Waals surface area (Å²) in [4.78, 5) is 18.2. The Morgan fingerprint density at radius 1 is 1.22 bits per heavy atom. The van der Waals surface area contributed by atoms with E-state index in [9.17, 15) is 4.79 Å². The van der Waals surface area contributed by atoms with E-state index >= 15 is 0 Å². The maximum atomic E-state index is 11.1. The summed E-state index contributed by atoms with van der Waals surface area (Å²) in [5.74, 6) is -0.234. The van der Waals surface area contributed by atoms with Crippen LogP contribution in [0.2, 0.25) is 0 Å². The molecule has 0 radical (unpaired) electrons. The molecule has 128 valence electrons. The quantitative estimate of drug-likeness (QED) is 0.616. The highest BCUT2D eigenvalue weighted by atomic mass is 35.5. The second-order valence-corrected chi connectivity index (χ2v) is 5.37. The molecule has 1 aliphatic carbocycles. The number of ether oxygens (including phenoxy) is 1. The maximum absolute atomic E-state index is 11.1. The summed E-state index contributed by atoms with van der Waals surface area (Å²) in [7, 11) is 0. The summed E-state index contributed by atoms with van der Waals surface area (Å²) >= 11 is 0. The first-order chi connectivity index (χ1) is 10.2. The number of carbonyl (C=O) groups is 1. The Morgan fingerprint density at radius 3 is 2.48 bits per heavy atom. The molecule has 0 unspecified atom stereocenters. The molecule has 1 N–H and O–H groups in total. The number of benzene rings is 1. The van der Waals surface area contributed by atoms with Crippen LogP contribution in [0.1, 0.15) is 39.0 Å². The molecule has 1 aromatic carbocycles. The first-order valence-electron chi connectivity index (χ1n) is 7.41. The highest BCUT2D eigenvalue weighted by Gasteiger charge is 2.17. The van der Waals surface area contributed by atoms with Crippen LogP contribution in [-0.4, -0.2) is 22.0 Å². The summed E-state index contributed by atoms with van der Waals surface area (Å²) in [5, 5.41) is 0. The minimum atomic E-state index is -0.234. The van der Waals surface area contributed by atoms with Crippen molar-refractivity contribution in [2.24, 2.45) is 0 Å². The van der Waals surface area contributed by atoms with Gasteiger partial charge in [-0.1, -0.05) is 25.1 Å². The number of hydrogen-bond acceptors (Lipinski definition) is 3. The number of para-hydroxylation sites is 2. The van der Waals surface area contributed by atoms with Gasteiger partial charge in [0.1, 0.15) is 6.10 Å². The first kappa shape index (κ1) is 21.5. The van der Waals surface area contributed by atoms with Crippen molar-refractivity contribution in [3.63, 3.8) is 0 Å². The van der Waals surface area contributed by atoms with Gasteiger partial charge < -0.3 is 9.72 Å². The van der Waals surface area contributed by atoms with Gasteiger partial charge in [-0.05, 0) is 44.7 Å². The van der Waals surface area contributed by atoms with Crippen LogP contribution in [0.15, 0.2) is 42.7 Å². The fraction of sp³-hybridized carbons (Fsp3) is 0.412. The molecule has 23 heavy (non-hydrogen) atoms. The predicted molar refractivity (Wildman–Crippen MR) is 98.4 cm³/mol. The van der Waals surface area contributed by atoms with Gasteiger partial charge in [-0.2, -0.15) is 0 Å². The molecule has 1 heterocycles. The number of imidazole rings is 1. The van der Waals surface area contributed by atoms with Crippen molar-refractivity contribution in [3.8, 4) is 0 Å². The topological polar surface area (TPSA) is 55.0 Å². The normalized spacial score (nSPS) is 13.8. The minimum Gasteiger partial charge on any atom is -0.459 e. The van der Waals surface area contributed by atoms with Gasteiger partial charge in [0, 0.05) is 5.57 Å². The van der Waals surface area contributed by atoms with Crippen LogP contribution in [0.5, 0.6) is 0 Å². The highest BCUT2D eigenvalue weighted by Crippen LogP contribution is 2.20. The van der Waals surface area contributed by atoms with E-state index < -0.39 is 0 Å². The molecular weight excluding hydrogens is 335 g/mol. The minimum absolute atomic E-state index is 0. The number of fused-ring (bicyclic) bond motifs is 1. The van der Waals surface area contributed by atoms with Crippen LogP contribution in [0.3, 0.4) is 0 Å². The van der Waals surface area contributed by atoms with Crippen LogP contribution in [0, 0.1) is 0 Å². The Bertz CT molecular complexity index is 577. The van der Waals surface area contributed by atoms with Gasteiger partial charge >= 0.3 is 5.97 Å². The smallest absolute Gasteiger partial charge is 0.333 e. The molecule has 0 spiro atoms. The molecule has 3 rings (SSSR count). The highest BCUT2D eigenvalue weighted by molar-refractivity contribution is 5.87. The van der Waals surface area contributed by atoms with Crippen LogP contribution in [-0.2, 0) is 9.53 Å². The molecule has 0 saturated heterocycles. The van der Waals surface area contributed by atoms with Gasteiger partial charge in [-0.25, -0.2) is 9.78 Å². The number of carbonyl (C=O) groups excluding carboxylic acids is 1. The summed E-state index contributed by atoms with van der Waals surface area (Å²) in [5.41, 5.74) is 2.62. The van der Waals surface area contributed by atoms with Crippen LogP contribution in [0.4, 0.5) is 0 Å². The maximum Gasteiger partial charge on any atom is 0.333 e. The Morgan fingerprint density at radius 2 is 1.87 bits per heavy atom. The third-order valence-electron chi connectivity index (χ3n) is 3.50. The van der Waals surface area contributed by atoms with Gasteiger partial charge in [-0.3, -0.25) is 0 Å². The zero-order chi connectivity index (χ0) is 15.1. The summed E-state index contributed by atoms with van der Waals surface area (Å²) in [6.45, 7) is 5.23. The molecule has 1 saturated carbocycles.